The number of hydrogen-bond donors (Lipinski definition) is 3. The fourth-order valence-electron chi connectivity index (χ4n) is 2.55. The van der Waals surface area contributed by atoms with Crippen molar-refractivity contribution in [3.05, 3.63) is 76.3 Å². The van der Waals surface area contributed by atoms with Crippen LogP contribution in [0.2, 0.25) is 0 Å². The molecule has 0 amide bonds. The highest BCUT2D eigenvalue weighted by atomic mass is 16.6. The molecule has 2 aromatic carbocycles. The van der Waals surface area contributed by atoms with Crippen LogP contribution in [0.3, 0.4) is 0 Å². The molecule has 0 saturated heterocycles. The van der Waals surface area contributed by atoms with Gasteiger partial charge in [0.05, 0.1) is 17.2 Å². The summed E-state index contributed by atoms with van der Waals surface area (Å²) in [6.45, 7) is 2.26. The molecule has 3 aromatic rings. The zero-order chi connectivity index (χ0) is 19.9. The lowest BCUT2D eigenvalue weighted by molar-refractivity contribution is -0.384. The van der Waals surface area contributed by atoms with Crippen molar-refractivity contribution in [1.29, 1.82) is 0 Å². The maximum atomic E-state index is 10.8. The van der Waals surface area contributed by atoms with Gasteiger partial charge >= 0.3 is 0 Å². The molecule has 3 rings (SSSR count). The van der Waals surface area contributed by atoms with Crippen molar-refractivity contribution >= 4 is 17.5 Å². The molecule has 8 heteroatoms. The van der Waals surface area contributed by atoms with Crippen LogP contribution in [0.1, 0.15) is 12.5 Å². The number of non-ortho nitro benzene ring substituents is 1. The zero-order valence-electron chi connectivity index (χ0n) is 15.4. The summed E-state index contributed by atoms with van der Waals surface area (Å²) in [5.74, 6) is 1.02. The first-order chi connectivity index (χ1) is 13.5. The highest BCUT2D eigenvalue weighted by molar-refractivity contribution is 5.64. The maximum Gasteiger partial charge on any atom is 0.269 e. The van der Waals surface area contributed by atoms with E-state index in [4.69, 9.17) is 0 Å². The summed E-state index contributed by atoms with van der Waals surface area (Å²) < 4.78 is 0. The van der Waals surface area contributed by atoms with Gasteiger partial charge in [0.1, 0.15) is 5.82 Å². The summed E-state index contributed by atoms with van der Waals surface area (Å²) in [6, 6.07) is 17.7. The first-order valence-electron chi connectivity index (χ1n) is 8.84. The normalized spacial score (nSPS) is 11.6. The van der Waals surface area contributed by atoms with E-state index in [1.807, 2.05) is 43.3 Å². The lowest BCUT2D eigenvalue weighted by Gasteiger charge is -2.14. The third-order valence-electron chi connectivity index (χ3n) is 4.07. The smallest absolute Gasteiger partial charge is 0.269 e. The molecule has 28 heavy (non-hydrogen) atoms. The molecule has 1 atom stereocenters. The fourth-order valence-corrected chi connectivity index (χ4v) is 2.55. The molecule has 144 valence electrons. The minimum atomic E-state index is -0.423. The van der Waals surface area contributed by atoms with Crippen molar-refractivity contribution in [2.75, 3.05) is 17.2 Å². The molecule has 0 spiro atoms. The molecule has 0 fully saturated rings. The van der Waals surface area contributed by atoms with Crippen molar-refractivity contribution in [3.63, 3.8) is 0 Å². The van der Waals surface area contributed by atoms with Crippen molar-refractivity contribution in [3.8, 4) is 11.3 Å². The van der Waals surface area contributed by atoms with E-state index in [0.29, 0.717) is 18.3 Å². The molecule has 8 nitrogen and oxygen atoms in total. The van der Waals surface area contributed by atoms with Crippen molar-refractivity contribution < 1.29 is 10.0 Å². The second-order valence-electron chi connectivity index (χ2n) is 6.33. The third-order valence-corrected chi connectivity index (χ3v) is 4.07. The minimum absolute atomic E-state index is 0.0372. The van der Waals surface area contributed by atoms with E-state index in [1.54, 1.807) is 12.1 Å². The number of nitrogens with zero attached hydrogens (tertiary/aromatic N) is 3. The van der Waals surface area contributed by atoms with Crippen LogP contribution in [0.4, 0.5) is 17.5 Å². The van der Waals surface area contributed by atoms with Gasteiger partial charge in [0.2, 0.25) is 5.95 Å². The average molecular weight is 379 g/mol. The van der Waals surface area contributed by atoms with Crippen molar-refractivity contribution in [1.82, 2.24) is 9.97 Å². The number of rotatable bonds is 8. The SMILES string of the molecule is C[C@@H](CO)Nc1nc(NCc2ccc([N+](=O)[O-])cc2)cc(-c2ccccc2)n1. The molecule has 0 aliphatic carbocycles. The first kappa shape index (κ1) is 19.2. The Bertz CT molecular complexity index is 932. The number of aromatic nitrogens is 2. The molecule has 0 aliphatic rings. The zero-order valence-corrected chi connectivity index (χ0v) is 15.4. The summed E-state index contributed by atoms with van der Waals surface area (Å²) in [5, 5.41) is 26.3. The Morgan fingerprint density at radius 3 is 2.46 bits per heavy atom. The van der Waals surface area contributed by atoms with E-state index in [0.717, 1.165) is 16.8 Å². The van der Waals surface area contributed by atoms with Gasteiger partial charge in [-0.25, -0.2) is 4.98 Å². The summed E-state index contributed by atoms with van der Waals surface area (Å²) in [5.41, 5.74) is 2.64. The molecule has 3 N–H and O–H groups in total. The molecular formula is C20H21N5O3. The Hall–Kier alpha value is -3.52. The van der Waals surface area contributed by atoms with Gasteiger partial charge in [0.25, 0.3) is 5.69 Å². The monoisotopic (exact) mass is 379 g/mol. The third kappa shape index (κ3) is 5.01. The molecule has 0 bridgehead atoms. The molecule has 0 radical (unpaired) electrons. The second-order valence-corrected chi connectivity index (χ2v) is 6.33. The van der Waals surface area contributed by atoms with Gasteiger partial charge in [-0.15, -0.1) is 0 Å². The number of benzene rings is 2. The van der Waals surface area contributed by atoms with Crippen LogP contribution in [0, 0.1) is 10.1 Å². The van der Waals surface area contributed by atoms with Gasteiger partial charge in [-0.2, -0.15) is 4.98 Å². The number of nitro benzene ring substituents is 1. The van der Waals surface area contributed by atoms with Crippen molar-refractivity contribution in [2.45, 2.75) is 19.5 Å². The van der Waals surface area contributed by atoms with E-state index in [1.165, 1.54) is 12.1 Å². The number of nitro groups is 1. The topological polar surface area (TPSA) is 113 Å². The van der Waals surface area contributed by atoms with E-state index in [2.05, 4.69) is 20.6 Å². The average Bonchev–Trinajstić information content (AvgIpc) is 2.73. The first-order valence-corrected chi connectivity index (χ1v) is 8.84. The van der Waals surface area contributed by atoms with Crippen LogP contribution in [-0.2, 0) is 6.54 Å². The highest BCUT2D eigenvalue weighted by Gasteiger charge is 2.10. The van der Waals surface area contributed by atoms with E-state index < -0.39 is 4.92 Å². The standard InChI is InChI=1S/C20H21N5O3/c1-14(13-26)22-20-23-18(16-5-3-2-4-6-16)11-19(24-20)21-12-15-7-9-17(10-8-15)25(27)28/h2-11,14,26H,12-13H2,1H3,(H2,21,22,23,24)/t14-/m0/s1. The summed E-state index contributed by atoms with van der Waals surface area (Å²) in [6.07, 6.45) is 0. The van der Waals surface area contributed by atoms with Crippen LogP contribution in [0.5, 0.6) is 0 Å². The minimum Gasteiger partial charge on any atom is -0.394 e. The lowest BCUT2D eigenvalue weighted by atomic mass is 10.1. The lowest BCUT2D eigenvalue weighted by Crippen LogP contribution is -2.21. The molecular weight excluding hydrogens is 358 g/mol. The fraction of sp³-hybridized carbons (Fsp3) is 0.200. The number of aliphatic hydroxyl groups excluding tert-OH is 1. The highest BCUT2D eigenvalue weighted by Crippen LogP contribution is 2.22. The predicted octanol–water partition coefficient (Wildman–Crippen LogP) is 3.46. The van der Waals surface area contributed by atoms with E-state index >= 15 is 0 Å². The van der Waals surface area contributed by atoms with E-state index in [-0.39, 0.29) is 18.3 Å². The van der Waals surface area contributed by atoms with Crippen LogP contribution in [0.25, 0.3) is 11.3 Å². The van der Waals surface area contributed by atoms with Gasteiger partial charge in [-0.1, -0.05) is 42.5 Å². The second kappa shape index (κ2) is 8.92. The predicted molar refractivity (Wildman–Crippen MR) is 108 cm³/mol. The molecule has 0 aliphatic heterocycles. The number of hydrogen-bond acceptors (Lipinski definition) is 7. The van der Waals surface area contributed by atoms with Gasteiger partial charge < -0.3 is 15.7 Å². The Morgan fingerprint density at radius 1 is 1.11 bits per heavy atom. The maximum absolute atomic E-state index is 10.8. The van der Waals surface area contributed by atoms with Crippen LogP contribution >= 0.6 is 0 Å². The number of anilines is 2. The summed E-state index contributed by atoms with van der Waals surface area (Å²) in [4.78, 5) is 19.3. The number of aliphatic hydroxyl groups is 1. The molecule has 0 saturated carbocycles. The van der Waals surface area contributed by atoms with Crippen LogP contribution in [-0.4, -0.2) is 32.6 Å². The van der Waals surface area contributed by atoms with E-state index in [9.17, 15) is 15.2 Å². The Morgan fingerprint density at radius 2 is 1.82 bits per heavy atom. The number of nitrogens with one attached hydrogen (secondary N) is 2. The summed E-state index contributed by atoms with van der Waals surface area (Å²) in [7, 11) is 0. The van der Waals surface area contributed by atoms with Crippen LogP contribution < -0.4 is 10.6 Å². The Balaban J connectivity index is 1.82. The Kier molecular flexibility index (Phi) is 6.13. The molecule has 1 aromatic heterocycles. The van der Waals surface area contributed by atoms with Gasteiger partial charge in [-0.3, -0.25) is 10.1 Å². The quantitative estimate of drug-likeness (QED) is 0.406. The van der Waals surface area contributed by atoms with Gasteiger partial charge in [-0.05, 0) is 12.5 Å². The summed E-state index contributed by atoms with van der Waals surface area (Å²) >= 11 is 0. The molecule has 1 heterocycles. The largest absolute Gasteiger partial charge is 0.394 e. The van der Waals surface area contributed by atoms with Crippen LogP contribution in [0.15, 0.2) is 60.7 Å². The van der Waals surface area contributed by atoms with Crippen molar-refractivity contribution in [2.24, 2.45) is 0 Å². The Labute approximate surface area is 162 Å². The molecule has 0 unspecified atom stereocenters. The van der Waals surface area contributed by atoms with Gasteiger partial charge in [0.15, 0.2) is 0 Å². The van der Waals surface area contributed by atoms with Gasteiger partial charge in [0, 0.05) is 36.3 Å².